The zero-order chi connectivity index (χ0) is 7.52. The number of ether oxygens (including phenoxy) is 1. The average Bonchev–Trinajstić information content (AvgIpc) is 2.58. The quantitative estimate of drug-likeness (QED) is 0.637. The Morgan fingerprint density at radius 1 is 1.55 bits per heavy atom. The molecule has 1 aromatic rings. The molecule has 0 atom stereocenters. The highest BCUT2D eigenvalue weighted by atomic mass is 32.1. The van der Waals surface area contributed by atoms with E-state index in [0.717, 1.165) is 25.3 Å². The molecule has 1 aromatic heterocycles. The van der Waals surface area contributed by atoms with Gasteiger partial charge in [-0.3, -0.25) is 0 Å². The van der Waals surface area contributed by atoms with Crippen LogP contribution >= 0.6 is 11.3 Å². The van der Waals surface area contributed by atoms with E-state index in [-0.39, 0.29) is 0 Å². The molecule has 0 spiro atoms. The van der Waals surface area contributed by atoms with Crippen molar-refractivity contribution >= 4 is 16.9 Å². The highest BCUT2D eigenvalue weighted by molar-refractivity contribution is 7.07. The molecule has 0 unspecified atom stereocenters. The van der Waals surface area contributed by atoms with E-state index in [1.54, 1.807) is 11.3 Å². The molecule has 0 bridgehead atoms. The smallest absolute Gasteiger partial charge is 0.0798 e. The molecule has 0 saturated carbocycles. The second-order valence-corrected chi connectivity index (χ2v) is 3.15. The third kappa shape index (κ3) is 1.49. The summed E-state index contributed by atoms with van der Waals surface area (Å²) in [5.41, 5.74) is 4.32. The third-order valence-electron chi connectivity index (χ3n) is 1.72. The SMILES string of the molecule is C1=C(c2cscn2)CCOC1. The highest BCUT2D eigenvalue weighted by Gasteiger charge is 2.06. The molecule has 1 aliphatic rings. The fraction of sp³-hybridized carbons (Fsp3) is 0.375. The predicted octanol–water partition coefficient (Wildman–Crippen LogP) is 1.95. The van der Waals surface area contributed by atoms with Gasteiger partial charge in [-0.15, -0.1) is 11.3 Å². The van der Waals surface area contributed by atoms with E-state index in [9.17, 15) is 0 Å². The molecule has 0 amide bonds. The van der Waals surface area contributed by atoms with Crippen molar-refractivity contribution in [1.29, 1.82) is 0 Å². The van der Waals surface area contributed by atoms with Gasteiger partial charge in [-0.1, -0.05) is 6.08 Å². The van der Waals surface area contributed by atoms with Crippen molar-refractivity contribution in [2.24, 2.45) is 0 Å². The minimum Gasteiger partial charge on any atom is -0.377 e. The molecule has 0 saturated heterocycles. The first-order valence-corrected chi connectivity index (χ1v) is 4.56. The number of hydrogen-bond donors (Lipinski definition) is 0. The van der Waals surface area contributed by atoms with Gasteiger partial charge in [-0.2, -0.15) is 0 Å². The van der Waals surface area contributed by atoms with E-state index in [1.165, 1.54) is 5.57 Å². The normalized spacial score (nSPS) is 18.0. The van der Waals surface area contributed by atoms with Crippen LogP contribution in [0.2, 0.25) is 0 Å². The Morgan fingerprint density at radius 3 is 3.18 bits per heavy atom. The summed E-state index contributed by atoms with van der Waals surface area (Å²) in [5.74, 6) is 0. The molecule has 0 aromatic carbocycles. The van der Waals surface area contributed by atoms with Crippen molar-refractivity contribution in [3.05, 3.63) is 22.7 Å². The summed E-state index contributed by atoms with van der Waals surface area (Å²) >= 11 is 1.64. The van der Waals surface area contributed by atoms with Gasteiger partial charge in [0.1, 0.15) is 0 Å². The Kier molecular flexibility index (Phi) is 2.01. The van der Waals surface area contributed by atoms with Crippen LogP contribution in [0.5, 0.6) is 0 Å². The topological polar surface area (TPSA) is 22.1 Å². The Hall–Kier alpha value is -0.670. The third-order valence-corrected chi connectivity index (χ3v) is 2.31. The summed E-state index contributed by atoms with van der Waals surface area (Å²) in [6.45, 7) is 1.58. The van der Waals surface area contributed by atoms with Gasteiger partial charge in [-0.05, 0) is 12.0 Å². The first-order chi connectivity index (χ1) is 5.47. The summed E-state index contributed by atoms with van der Waals surface area (Å²) in [7, 11) is 0. The molecule has 0 aliphatic carbocycles. The summed E-state index contributed by atoms with van der Waals surface area (Å²) in [5, 5.41) is 2.08. The molecule has 0 fully saturated rings. The van der Waals surface area contributed by atoms with Crippen molar-refractivity contribution in [2.75, 3.05) is 13.2 Å². The molecule has 1 aliphatic heterocycles. The van der Waals surface area contributed by atoms with Crippen LogP contribution in [0.3, 0.4) is 0 Å². The van der Waals surface area contributed by atoms with Gasteiger partial charge in [0.25, 0.3) is 0 Å². The van der Waals surface area contributed by atoms with Gasteiger partial charge in [0.05, 0.1) is 24.4 Å². The van der Waals surface area contributed by atoms with Gasteiger partial charge >= 0.3 is 0 Å². The zero-order valence-corrected chi connectivity index (χ0v) is 6.93. The highest BCUT2D eigenvalue weighted by Crippen LogP contribution is 2.20. The van der Waals surface area contributed by atoms with Gasteiger partial charge in [-0.25, -0.2) is 4.98 Å². The van der Waals surface area contributed by atoms with Gasteiger partial charge in [0.15, 0.2) is 0 Å². The molecule has 2 nitrogen and oxygen atoms in total. The minimum atomic E-state index is 0.743. The number of nitrogens with zero attached hydrogens (tertiary/aromatic N) is 1. The summed E-state index contributed by atoms with van der Waals surface area (Å²) in [4.78, 5) is 4.23. The lowest BCUT2D eigenvalue weighted by Crippen LogP contribution is -2.03. The average molecular weight is 167 g/mol. The Balaban J connectivity index is 2.22. The maximum atomic E-state index is 5.20. The number of rotatable bonds is 1. The van der Waals surface area contributed by atoms with E-state index in [1.807, 2.05) is 5.51 Å². The van der Waals surface area contributed by atoms with Crippen LogP contribution in [0.4, 0.5) is 0 Å². The summed E-state index contributed by atoms with van der Waals surface area (Å²) in [6.07, 6.45) is 3.11. The maximum absolute atomic E-state index is 5.20. The molecule has 3 heteroatoms. The maximum Gasteiger partial charge on any atom is 0.0798 e. The Morgan fingerprint density at radius 2 is 2.55 bits per heavy atom. The predicted molar refractivity (Wildman–Crippen MR) is 45.5 cm³/mol. The van der Waals surface area contributed by atoms with Crippen molar-refractivity contribution in [1.82, 2.24) is 4.98 Å². The zero-order valence-electron chi connectivity index (χ0n) is 6.12. The van der Waals surface area contributed by atoms with Crippen LogP contribution in [-0.4, -0.2) is 18.2 Å². The van der Waals surface area contributed by atoms with Crippen LogP contribution in [0.25, 0.3) is 5.57 Å². The summed E-state index contributed by atoms with van der Waals surface area (Å²) in [6, 6.07) is 0. The Bertz CT molecular complexity index is 253. The van der Waals surface area contributed by atoms with Crippen molar-refractivity contribution in [3.63, 3.8) is 0 Å². The molecular weight excluding hydrogens is 158 g/mol. The van der Waals surface area contributed by atoms with Crippen LogP contribution in [0.1, 0.15) is 12.1 Å². The lowest BCUT2D eigenvalue weighted by molar-refractivity contribution is 0.161. The Labute approximate surface area is 69.5 Å². The van der Waals surface area contributed by atoms with E-state index in [4.69, 9.17) is 4.74 Å². The van der Waals surface area contributed by atoms with E-state index >= 15 is 0 Å². The van der Waals surface area contributed by atoms with Gasteiger partial charge in [0.2, 0.25) is 0 Å². The van der Waals surface area contributed by atoms with E-state index in [0.29, 0.717) is 0 Å². The molecule has 11 heavy (non-hydrogen) atoms. The largest absolute Gasteiger partial charge is 0.377 e. The number of aromatic nitrogens is 1. The van der Waals surface area contributed by atoms with Gasteiger partial charge in [0, 0.05) is 5.38 Å². The summed E-state index contributed by atoms with van der Waals surface area (Å²) < 4.78 is 5.20. The first-order valence-electron chi connectivity index (χ1n) is 3.62. The number of hydrogen-bond acceptors (Lipinski definition) is 3. The van der Waals surface area contributed by atoms with Crippen molar-refractivity contribution in [3.8, 4) is 0 Å². The van der Waals surface area contributed by atoms with Crippen LogP contribution in [-0.2, 0) is 4.74 Å². The molecule has 0 N–H and O–H groups in total. The molecule has 2 heterocycles. The van der Waals surface area contributed by atoms with Crippen molar-refractivity contribution in [2.45, 2.75) is 6.42 Å². The second-order valence-electron chi connectivity index (χ2n) is 2.43. The molecular formula is C8H9NOS. The number of thiazole rings is 1. The van der Waals surface area contributed by atoms with Gasteiger partial charge < -0.3 is 4.74 Å². The van der Waals surface area contributed by atoms with E-state index in [2.05, 4.69) is 16.4 Å². The molecule has 58 valence electrons. The van der Waals surface area contributed by atoms with E-state index < -0.39 is 0 Å². The second kappa shape index (κ2) is 3.15. The fourth-order valence-electron chi connectivity index (χ4n) is 1.13. The van der Waals surface area contributed by atoms with Crippen LogP contribution in [0, 0.1) is 0 Å². The molecule has 0 radical (unpaired) electrons. The lowest BCUT2D eigenvalue weighted by atomic mass is 10.1. The lowest BCUT2D eigenvalue weighted by Gasteiger charge is -2.10. The standard InChI is InChI=1S/C8H9NOS/c1-3-10-4-2-7(1)8-5-11-6-9-8/h1,5-6H,2-4H2. The first kappa shape index (κ1) is 7.00. The fourth-order valence-corrected chi connectivity index (χ4v) is 1.71. The van der Waals surface area contributed by atoms with Crippen molar-refractivity contribution < 1.29 is 4.74 Å². The molecule has 2 rings (SSSR count). The van der Waals surface area contributed by atoms with Crippen LogP contribution in [0.15, 0.2) is 17.0 Å². The van der Waals surface area contributed by atoms with Crippen LogP contribution < -0.4 is 0 Å². The monoisotopic (exact) mass is 167 g/mol. The minimum absolute atomic E-state index is 0.743.